The summed E-state index contributed by atoms with van der Waals surface area (Å²) in [4.78, 5) is 30.4. The second kappa shape index (κ2) is 10.2. The van der Waals surface area contributed by atoms with E-state index in [1.165, 1.54) is 9.80 Å². The molecule has 0 saturated carbocycles. The minimum atomic E-state index is -0.468. The Morgan fingerprint density at radius 1 is 0.857 bits per heavy atom. The number of rotatable bonds is 6. The van der Waals surface area contributed by atoms with Crippen molar-refractivity contribution in [2.45, 2.75) is 40.2 Å². The van der Waals surface area contributed by atoms with Crippen molar-refractivity contribution in [3.05, 3.63) is 95.1 Å². The first-order chi connectivity index (χ1) is 16.8. The standard InChI is InChI=1S/C29H28N2O3S/c1-5-21(4)34-26-14-10-9-11-22(26)18-25-27(32)30(23-12-7-6-8-13-23)29(35)31(28(25)33)24-16-15-19(2)20(3)17-24/h6-18,21H,5H2,1-4H3/b25-18-/t21-/m0/s1. The Bertz CT molecular complexity index is 1320. The number of carbonyl (C=O) groups excluding carboxylic acids is 2. The fraction of sp³-hybridized carbons (Fsp3) is 0.207. The molecule has 4 rings (SSSR count). The Kier molecular flexibility index (Phi) is 7.12. The average Bonchev–Trinajstić information content (AvgIpc) is 2.85. The van der Waals surface area contributed by atoms with Crippen LogP contribution < -0.4 is 14.5 Å². The molecule has 1 fully saturated rings. The molecule has 3 aromatic carbocycles. The smallest absolute Gasteiger partial charge is 0.270 e. The maximum Gasteiger partial charge on any atom is 0.270 e. The van der Waals surface area contributed by atoms with E-state index in [1.54, 1.807) is 18.2 Å². The predicted molar refractivity (Wildman–Crippen MR) is 145 cm³/mol. The number of anilines is 2. The van der Waals surface area contributed by atoms with Gasteiger partial charge < -0.3 is 4.74 Å². The number of carbonyl (C=O) groups is 2. The van der Waals surface area contributed by atoms with Crippen LogP contribution in [-0.2, 0) is 9.59 Å². The summed E-state index contributed by atoms with van der Waals surface area (Å²) in [6, 6.07) is 22.3. The molecule has 35 heavy (non-hydrogen) atoms. The number of hydrogen-bond acceptors (Lipinski definition) is 4. The molecule has 0 bridgehead atoms. The molecule has 178 valence electrons. The van der Waals surface area contributed by atoms with Crippen LogP contribution in [-0.4, -0.2) is 23.0 Å². The molecule has 1 heterocycles. The first-order valence-electron chi connectivity index (χ1n) is 11.6. The number of para-hydroxylation sites is 2. The zero-order chi connectivity index (χ0) is 25.1. The van der Waals surface area contributed by atoms with Gasteiger partial charge in [0.2, 0.25) is 0 Å². The molecule has 0 radical (unpaired) electrons. The van der Waals surface area contributed by atoms with E-state index in [1.807, 2.05) is 88.4 Å². The molecule has 1 aliphatic heterocycles. The third kappa shape index (κ3) is 4.88. The third-order valence-electron chi connectivity index (χ3n) is 6.13. The number of benzene rings is 3. The molecule has 1 saturated heterocycles. The summed E-state index contributed by atoms with van der Waals surface area (Å²) in [5, 5.41) is 0.121. The van der Waals surface area contributed by atoms with E-state index in [-0.39, 0.29) is 16.8 Å². The lowest BCUT2D eigenvalue weighted by atomic mass is 10.0. The topological polar surface area (TPSA) is 49.9 Å². The molecular weight excluding hydrogens is 456 g/mol. The van der Waals surface area contributed by atoms with Gasteiger partial charge >= 0.3 is 0 Å². The molecule has 1 atom stereocenters. The van der Waals surface area contributed by atoms with Crippen molar-refractivity contribution in [1.82, 2.24) is 0 Å². The number of amides is 2. The zero-order valence-electron chi connectivity index (χ0n) is 20.3. The normalized spacial score (nSPS) is 16.1. The van der Waals surface area contributed by atoms with E-state index in [4.69, 9.17) is 17.0 Å². The summed E-state index contributed by atoms with van der Waals surface area (Å²) in [6.45, 7) is 8.02. The Morgan fingerprint density at radius 2 is 1.49 bits per heavy atom. The molecule has 2 amide bonds. The van der Waals surface area contributed by atoms with Crippen molar-refractivity contribution in [3.63, 3.8) is 0 Å². The van der Waals surface area contributed by atoms with Crippen LogP contribution in [0, 0.1) is 13.8 Å². The van der Waals surface area contributed by atoms with Gasteiger partial charge in [-0.3, -0.25) is 19.4 Å². The maximum atomic E-state index is 13.8. The summed E-state index contributed by atoms with van der Waals surface area (Å²) in [5.41, 5.74) is 4.02. The van der Waals surface area contributed by atoms with Crippen LogP contribution in [0.4, 0.5) is 11.4 Å². The van der Waals surface area contributed by atoms with Crippen LogP contribution in [0.5, 0.6) is 5.75 Å². The Hall–Kier alpha value is -3.77. The molecule has 0 unspecified atom stereocenters. The minimum Gasteiger partial charge on any atom is -0.490 e. The Morgan fingerprint density at radius 3 is 2.14 bits per heavy atom. The van der Waals surface area contributed by atoms with Crippen LogP contribution in [0.1, 0.15) is 37.0 Å². The van der Waals surface area contributed by atoms with Gasteiger partial charge in [0.15, 0.2) is 5.11 Å². The number of aryl methyl sites for hydroxylation is 2. The summed E-state index contributed by atoms with van der Waals surface area (Å²) in [6.07, 6.45) is 2.43. The van der Waals surface area contributed by atoms with E-state index >= 15 is 0 Å². The number of nitrogens with zero attached hydrogens (tertiary/aromatic N) is 2. The van der Waals surface area contributed by atoms with Crippen molar-refractivity contribution in [3.8, 4) is 5.75 Å². The highest BCUT2D eigenvalue weighted by Gasteiger charge is 2.41. The molecule has 0 N–H and O–H groups in total. The number of hydrogen-bond donors (Lipinski definition) is 0. The van der Waals surface area contributed by atoms with Crippen molar-refractivity contribution in [1.29, 1.82) is 0 Å². The fourth-order valence-corrected chi connectivity index (χ4v) is 4.17. The average molecular weight is 485 g/mol. The summed E-state index contributed by atoms with van der Waals surface area (Å²) < 4.78 is 6.06. The molecule has 6 heteroatoms. The molecule has 3 aromatic rings. The van der Waals surface area contributed by atoms with Crippen molar-refractivity contribution in [2.75, 3.05) is 9.80 Å². The largest absolute Gasteiger partial charge is 0.490 e. The molecule has 0 spiro atoms. The van der Waals surface area contributed by atoms with Gasteiger partial charge in [-0.2, -0.15) is 0 Å². The second-order valence-corrected chi connectivity index (χ2v) is 8.97. The van der Waals surface area contributed by atoms with Gasteiger partial charge in [0, 0.05) is 5.56 Å². The lowest BCUT2D eigenvalue weighted by molar-refractivity contribution is -0.120. The molecule has 0 aliphatic carbocycles. The van der Waals surface area contributed by atoms with Crippen molar-refractivity contribution >= 4 is 46.6 Å². The van der Waals surface area contributed by atoms with Gasteiger partial charge in [0.25, 0.3) is 11.8 Å². The fourth-order valence-electron chi connectivity index (χ4n) is 3.79. The van der Waals surface area contributed by atoms with E-state index in [2.05, 4.69) is 0 Å². The van der Waals surface area contributed by atoms with Crippen LogP contribution in [0.15, 0.2) is 78.4 Å². The quantitative estimate of drug-likeness (QED) is 0.236. The van der Waals surface area contributed by atoms with Crippen LogP contribution >= 0.6 is 12.2 Å². The summed E-state index contributed by atoms with van der Waals surface area (Å²) in [5.74, 6) is -0.314. The molecule has 0 aromatic heterocycles. The van der Waals surface area contributed by atoms with E-state index in [0.29, 0.717) is 22.7 Å². The lowest BCUT2D eigenvalue weighted by Crippen LogP contribution is -2.57. The first kappa shape index (κ1) is 24.4. The van der Waals surface area contributed by atoms with Gasteiger partial charge in [0.05, 0.1) is 17.5 Å². The van der Waals surface area contributed by atoms with Crippen molar-refractivity contribution < 1.29 is 14.3 Å². The number of ether oxygens (including phenoxy) is 1. The Balaban J connectivity index is 1.87. The van der Waals surface area contributed by atoms with Crippen LogP contribution in [0.2, 0.25) is 0 Å². The highest BCUT2D eigenvalue weighted by Crippen LogP contribution is 2.32. The van der Waals surface area contributed by atoms with E-state index < -0.39 is 11.8 Å². The van der Waals surface area contributed by atoms with E-state index in [0.717, 1.165) is 17.5 Å². The third-order valence-corrected chi connectivity index (χ3v) is 6.50. The zero-order valence-corrected chi connectivity index (χ0v) is 21.1. The van der Waals surface area contributed by atoms with Gasteiger partial charge in [-0.1, -0.05) is 49.4 Å². The number of thiocarbonyl (C=S) groups is 1. The van der Waals surface area contributed by atoms with Gasteiger partial charge in [-0.15, -0.1) is 0 Å². The van der Waals surface area contributed by atoms with Gasteiger partial charge in [-0.05, 0) is 86.9 Å². The highest BCUT2D eigenvalue weighted by atomic mass is 32.1. The van der Waals surface area contributed by atoms with Crippen LogP contribution in [0.3, 0.4) is 0 Å². The molecule has 5 nitrogen and oxygen atoms in total. The van der Waals surface area contributed by atoms with Gasteiger partial charge in [-0.25, -0.2) is 0 Å². The highest BCUT2D eigenvalue weighted by molar-refractivity contribution is 7.81. The first-order valence-corrected chi connectivity index (χ1v) is 12.0. The van der Waals surface area contributed by atoms with Gasteiger partial charge in [0.1, 0.15) is 11.3 Å². The van der Waals surface area contributed by atoms with E-state index in [9.17, 15) is 9.59 Å². The monoisotopic (exact) mass is 484 g/mol. The molecular formula is C29H28N2O3S. The minimum absolute atomic E-state index is 0.00673. The maximum absolute atomic E-state index is 13.8. The predicted octanol–water partition coefficient (Wildman–Crippen LogP) is 6.23. The molecule has 1 aliphatic rings. The summed E-state index contributed by atoms with van der Waals surface area (Å²) >= 11 is 5.72. The van der Waals surface area contributed by atoms with Crippen molar-refractivity contribution in [2.24, 2.45) is 0 Å². The Labute approximate surface area is 211 Å². The SMILES string of the molecule is CC[C@H](C)Oc1ccccc1/C=C1/C(=O)N(c2ccccc2)C(=S)N(c2ccc(C)c(C)c2)C1=O. The second-order valence-electron chi connectivity index (χ2n) is 8.60. The summed E-state index contributed by atoms with van der Waals surface area (Å²) in [7, 11) is 0. The van der Waals surface area contributed by atoms with Crippen LogP contribution in [0.25, 0.3) is 6.08 Å². The lowest BCUT2D eigenvalue weighted by Gasteiger charge is -2.36.